The lowest BCUT2D eigenvalue weighted by molar-refractivity contribution is -0.122. The molecule has 4 unspecified atom stereocenters. The van der Waals surface area contributed by atoms with E-state index < -0.39 is 0 Å². The molecule has 4 atom stereocenters. The zero-order valence-electron chi connectivity index (χ0n) is 12.6. The van der Waals surface area contributed by atoms with E-state index in [-0.39, 0.29) is 17.8 Å². The van der Waals surface area contributed by atoms with Crippen LogP contribution in [0.4, 0.5) is 0 Å². The van der Waals surface area contributed by atoms with Gasteiger partial charge in [-0.15, -0.1) is 12.4 Å². The van der Waals surface area contributed by atoms with E-state index in [1.807, 2.05) is 0 Å². The molecule has 0 aromatic rings. The van der Waals surface area contributed by atoms with Crippen molar-refractivity contribution in [2.75, 3.05) is 19.6 Å². The molecule has 2 N–H and O–H groups in total. The van der Waals surface area contributed by atoms with Crippen molar-refractivity contribution >= 4 is 18.3 Å². The molecule has 1 aliphatic heterocycles. The van der Waals surface area contributed by atoms with Crippen LogP contribution in [0.25, 0.3) is 0 Å². The summed E-state index contributed by atoms with van der Waals surface area (Å²) in [6.07, 6.45) is 8.77. The summed E-state index contributed by atoms with van der Waals surface area (Å²) in [6.45, 7) is 5.31. The first kappa shape index (κ1) is 16.1. The Labute approximate surface area is 129 Å². The first-order chi connectivity index (χ1) is 9.15. The molecule has 116 valence electrons. The second-order valence-corrected chi connectivity index (χ2v) is 7.51. The average Bonchev–Trinajstić information content (AvgIpc) is 3.00. The monoisotopic (exact) mass is 300 g/mol. The van der Waals surface area contributed by atoms with Gasteiger partial charge in [0, 0.05) is 19.5 Å². The first-order valence-electron chi connectivity index (χ1n) is 8.12. The summed E-state index contributed by atoms with van der Waals surface area (Å²) in [5.41, 5.74) is 0.266. The molecule has 0 spiro atoms. The van der Waals surface area contributed by atoms with E-state index in [0.29, 0.717) is 11.8 Å². The van der Waals surface area contributed by atoms with Crippen LogP contribution < -0.4 is 10.6 Å². The van der Waals surface area contributed by atoms with Crippen LogP contribution in [0.5, 0.6) is 0 Å². The predicted molar refractivity (Wildman–Crippen MR) is 84.0 cm³/mol. The van der Waals surface area contributed by atoms with Crippen molar-refractivity contribution in [1.82, 2.24) is 10.6 Å². The van der Waals surface area contributed by atoms with Crippen LogP contribution in [0.15, 0.2) is 0 Å². The van der Waals surface area contributed by atoms with Gasteiger partial charge in [-0.1, -0.05) is 13.3 Å². The second-order valence-electron chi connectivity index (χ2n) is 7.51. The summed E-state index contributed by atoms with van der Waals surface area (Å²) in [6, 6.07) is 0. The Morgan fingerprint density at radius 3 is 2.80 bits per heavy atom. The fourth-order valence-corrected chi connectivity index (χ4v) is 4.52. The molecule has 2 aliphatic carbocycles. The summed E-state index contributed by atoms with van der Waals surface area (Å²) >= 11 is 0. The van der Waals surface area contributed by atoms with Crippen LogP contribution >= 0.6 is 12.4 Å². The van der Waals surface area contributed by atoms with Crippen molar-refractivity contribution in [3.05, 3.63) is 0 Å². The van der Waals surface area contributed by atoms with Crippen molar-refractivity contribution in [1.29, 1.82) is 0 Å². The average molecular weight is 301 g/mol. The molecular formula is C16H29ClN2O. The topological polar surface area (TPSA) is 41.1 Å². The lowest BCUT2D eigenvalue weighted by atomic mass is 9.82. The number of fused-ring (bicyclic) bond motifs is 2. The van der Waals surface area contributed by atoms with Gasteiger partial charge in [0.1, 0.15) is 0 Å². The van der Waals surface area contributed by atoms with Gasteiger partial charge < -0.3 is 10.6 Å². The highest BCUT2D eigenvalue weighted by atomic mass is 35.5. The highest BCUT2D eigenvalue weighted by Gasteiger charge is 2.40. The van der Waals surface area contributed by atoms with E-state index >= 15 is 0 Å². The molecule has 1 heterocycles. The lowest BCUT2D eigenvalue weighted by Gasteiger charge is -2.34. The molecule has 4 heteroatoms. The van der Waals surface area contributed by atoms with Gasteiger partial charge in [-0.3, -0.25) is 4.79 Å². The first-order valence-corrected chi connectivity index (χ1v) is 8.12. The molecule has 2 bridgehead atoms. The van der Waals surface area contributed by atoms with Crippen molar-refractivity contribution in [3.63, 3.8) is 0 Å². The van der Waals surface area contributed by atoms with Crippen molar-refractivity contribution < 1.29 is 4.79 Å². The Morgan fingerprint density at radius 1 is 1.35 bits per heavy atom. The number of carbonyl (C=O) groups is 1. The largest absolute Gasteiger partial charge is 0.355 e. The maximum Gasteiger partial charge on any atom is 0.220 e. The van der Waals surface area contributed by atoms with Gasteiger partial charge in [0.05, 0.1) is 0 Å². The zero-order valence-corrected chi connectivity index (χ0v) is 13.4. The zero-order chi connectivity index (χ0) is 13.3. The molecule has 0 aromatic heterocycles. The minimum atomic E-state index is 0. The SMILES string of the molecule is CC1(CNC(=O)CC2CC3CCC2C3)CCCNC1.Cl. The van der Waals surface area contributed by atoms with E-state index in [2.05, 4.69) is 17.6 Å². The van der Waals surface area contributed by atoms with Crippen LogP contribution in [0.3, 0.4) is 0 Å². The van der Waals surface area contributed by atoms with E-state index in [1.165, 1.54) is 38.5 Å². The van der Waals surface area contributed by atoms with E-state index in [4.69, 9.17) is 0 Å². The number of hydrogen-bond donors (Lipinski definition) is 2. The molecule has 3 fully saturated rings. The summed E-state index contributed by atoms with van der Waals surface area (Å²) in [7, 11) is 0. The molecule has 3 aliphatic rings. The highest BCUT2D eigenvalue weighted by molar-refractivity contribution is 5.85. The van der Waals surface area contributed by atoms with Crippen LogP contribution in [0.2, 0.25) is 0 Å². The highest BCUT2D eigenvalue weighted by Crippen LogP contribution is 2.49. The molecule has 1 amide bonds. The Kier molecular flexibility index (Phi) is 5.36. The predicted octanol–water partition coefficient (Wildman–Crippen LogP) is 2.74. The lowest BCUT2D eigenvalue weighted by Crippen LogP contribution is -2.46. The summed E-state index contributed by atoms with van der Waals surface area (Å²) < 4.78 is 0. The third kappa shape index (κ3) is 3.67. The molecule has 0 aromatic carbocycles. The molecule has 0 radical (unpaired) electrons. The van der Waals surface area contributed by atoms with Crippen LogP contribution in [-0.2, 0) is 4.79 Å². The summed E-state index contributed by atoms with van der Waals surface area (Å²) in [4.78, 5) is 12.1. The van der Waals surface area contributed by atoms with Gasteiger partial charge in [-0.05, 0) is 61.8 Å². The summed E-state index contributed by atoms with van der Waals surface area (Å²) in [5.74, 6) is 2.80. The van der Waals surface area contributed by atoms with E-state index in [1.54, 1.807) is 0 Å². The minimum absolute atomic E-state index is 0. The molecule has 20 heavy (non-hydrogen) atoms. The van der Waals surface area contributed by atoms with E-state index in [0.717, 1.165) is 37.9 Å². The van der Waals surface area contributed by atoms with Gasteiger partial charge in [0.15, 0.2) is 0 Å². The molecule has 3 rings (SSSR count). The van der Waals surface area contributed by atoms with E-state index in [9.17, 15) is 4.79 Å². The number of amides is 1. The maximum atomic E-state index is 12.1. The number of hydrogen-bond acceptors (Lipinski definition) is 2. The quantitative estimate of drug-likeness (QED) is 0.838. The fourth-order valence-electron chi connectivity index (χ4n) is 4.52. The third-order valence-electron chi connectivity index (χ3n) is 5.73. The Hall–Kier alpha value is -0.280. The van der Waals surface area contributed by atoms with Gasteiger partial charge in [-0.25, -0.2) is 0 Å². The normalized spacial score (nSPS) is 39.4. The third-order valence-corrected chi connectivity index (χ3v) is 5.73. The number of carbonyl (C=O) groups excluding carboxylic acids is 1. The van der Waals surface area contributed by atoms with Crippen LogP contribution in [-0.4, -0.2) is 25.5 Å². The standard InChI is InChI=1S/C16H28N2O.ClH/c1-16(5-2-6-17-10-16)11-18-15(19)9-14-8-12-3-4-13(14)7-12;/h12-14,17H,2-11H2,1H3,(H,18,19);1H. The molecule has 3 nitrogen and oxygen atoms in total. The van der Waals surface area contributed by atoms with Crippen LogP contribution in [0, 0.1) is 23.2 Å². The Bertz CT molecular complexity index is 341. The van der Waals surface area contributed by atoms with Gasteiger partial charge in [-0.2, -0.15) is 0 Å². The molecule has 1 saturated heterocycles. The smallest absolute Gasteiger partial charge is 0.220 e. The Morgan fingerprint density at radius 2 is 2.20 bits per heavy atom. The summed E-state index contributed by atoms with van der Waals surface area (Å²) in [5, 5.41) is 6.64. The maximum absolute atomic E-state index is 12.1. The van der Waals surface area contributed by atoms with Crippen molar-refractivity contribution in [3.8, 4) is 0 Å². The number of piperidine rings is 1. The fraction of sp³-hybridized carbons (Fsp3) is 0.938. The second kappa shape index (κ2) is 6.65. The van der Waals surface area contributed by atoms with Crippen molar-refractivity contribution in [2.24, 2.45) is 23.2 Å². The molecular weight excluding hydrogens is 272 g/mol. The molecule has 2 saturated carbocycles. The number of rotatable bonds is 4. The Balaban J connectivity index is 0.00000147. The number of halogens is 1. The van der Waals surface area contributed by atoms with Gasteiger partial charge in [0.25, 0.3) is 0 Å². The minimum Gasteiger partial charge on any atom is -0.355 e. The van der Waals surface area contributed by atoms with Crippen molar-refractivity contribution in [2.45, 2.75) is 51.9 Å². The van der Waals surface area contributed by atoms with Crippen LogP contribution in [0.1, 0.15) is 51.9 Å². The van der Waals surface area contributed by atoms with Gasteiger partial charge >= 0.3 is 0 Å². The number of nitrogens with one attached hydrogen (secondary N) is 2. The van der Waals surface area contributed by atoms with Gasteiger partial charge in [0.2, 0.25) is 5.91 Å².